The Hall–Kier alpha value is -1.42. The third kappa shape index (κ3) is 3.31. The number of benzene rings is 1. The molecule has 0 unspecified atom stereocenters. The SMILES string of the molecule is COc1ccc(N)c(N(C)CCN(C)C)c1. The first-order valence-electron chi connectivity index (χ1n) is 5.34. The van der Waals surface area contributed by atoms with Crippen molar-refractivity contribution < 1.29 is 4.74 Å². The van der Waals surface area contributed by atoms with Crippen molar-refractivity contribution in [2.75, 3.05) is 52.0 Å². The average molecular weight is 223 g/mol. The lowest BCUT2D eigenvalue weighted by atomic mass is 10.2. The second-order valence-corrected chi connectivity index (χ2v) is 4.15. The molecule has 0 radical (unpaired) electrons. The monoisotopic (exact) mass is 223 g/mol. The molecule has 16 heavy (non-hydrogen) atoms. The van der Waals surface area contributed by atoms with Crippen molar-refractivity contribution >= 4 is 11.4 Å². The number of ether oxygens (including phenoxy) is 1. The lowest BCUT2D eigenvalue weighted by Gasteiger charge is -2.23. The van der Waals surface area contributed by atoms with Crippen LogP contribution in [0.3, 0.4) is 0 Å². The number of methoxy groups -OCH3 is 1. The van der Waals surface area contributed by atoms with E-state index in [2.05, 4.69) is 23.9 Å². The molecule has 0 saturated heterocycles. The average Bonchev–Trinajstić information content (AvgIpc) is 2.26. The van der Waals surface area contributed by atoms with Gasteiger partial charge in [-0.1, -0.05) is 0 Å². The first-order valence-corrected chi connectivity index (χ1v) is 5.34. The Kier molecular flexibility index (Phi) is 4.43. The highest BCUT2D eigenvalue weighted by Crippen LogP contribution is 2.26. The molecule has 0 fully saturated rings. The van der Waals surface area contributed by atoms with Gasteiger partial charge in [-0.05, 0) is 26.2 Å². The molecule has 1 aromatic carbocycles. The van der Waals surface area contributed by atoms with Crippen LogP contribution in [0.1, 0.15) is 0 Å². The molecule has 2 N–H and O–H groups in total. The minimum absolute atomic E-state index is 0.780. The Labute approximate surface area is 97.6 Å². The maximum absolute atomic E-state index is 5.94. The Morgan fingerprint density at radius 3 is 2.44 bits per heavy atom. The summed E-state index contributed by atoms with van der Waals surface area (Å²) in [6.45, 7) is 1.93. The van der Waals surface area contributed by atoms with Gasteiger partial charge in [0.15, 0.2) is 0 Å². The zero-order chi connectivity index (χ0) is 12.1. The highest BCUT2D eigenvalue weighted by molar-refractivity contribution is 5.69. The van der Waals surface area contributed by atoms with Gasteiger partial charge in [-0.3, -0.25) is 0 Å². The molecule has 0 aromatic heterocycles. The molecule has 0 amide bonds. The summed E-state index contributed by atoms with van der Waals surface area (Å²) in [5, 5.41) is 0. The molecule has 4 nitrogen and oxygen atoms in total. The molecule has 0 saturated carbocycles. The molecule has 0 aliphatic rings. The van der Waals surface area contributed by atoms with Crippen molar-refractivity contribution in [1.29, 1.82) is 0 Å². The standard InChI is InChI=1S/C12H21N3O/c1-14(2)7-8-15(3)12-9-10(16-4)5-6-11(12)13/h5-6,9H,7-8,13H2,1-4H3. The number of likely N-dealkylation sites (N-methyl/N-ethyl adjacent to an activating group) is 2. The van der Waals surface area contributed by atoms with Crippen molar-refractivity contribution in [1.82, 2.24) is 4.90 Å². The summed E-state index contributed by atoms with van der Waals surface area (Å²) in [5.41, 5.74) is 7.74. The molecule has 4 heteroatoms. The van der Waals surface area contributed by atoms with Gasteiger partial charge in [0.1, 0.15) is 5.75 Å². The van der Waals surface area contributed by atoms with E-state index in [-0.39, 0.29) is 0 Å². The largest absolute Gasteiger partial charge is 0.497 e. The number of nitrogen functional groups attached to an aromatic ring is 1. The maximum atomic E-state index is 5.94. The number of rotatable bonds is 5. The maximum Gasteiger partial charge on any atom is 0.121 e. The summed E-state index contributed by atoms with van der Waals surface area (Å²) in [6, 6.07) is 5.71. The van der Waals surface area contributed by atoms with Gasteiger partial charge in [-0.2, -0.15) is 0 Å². The van der Waals surface area contributed by atoms with Crippen molar-refractivity contribution in [3.8, 4) is 5.75 Å². The van der Waals surface area contributed by atoms with Crippen LogP contribution in [-0.4, -0.2) is 46.2 Å². The Morgan fingerprint density at radius 2 is 1.88 bits per heavy atom. The van der Waals surface area contributed by atoms with Gasteiger partial charge >= 0.3 is 0 Å². The van der Waals surface area contributed by atoms with E-state index in [1.165, 1.54) is 0 Å². The van der Waals surface area contributed by atoms with Gasteiger partial charge in [0.05, 0.1) is 18.5 Å². The molecule has 0 spiro atoms. The number of hydrogen-bond acceptors (Lipinski definition) is 4. The molecule has 0 aliphatic carbocycles. The third-order valence-electron chi connectivity index (χ3n) is 2.53. The first-order chi connectivity index (χ1) is 7.54. The quantitative estimate of drug-likeness (QED) is 0.763. The van der Waals surface area contributed by atoms with Gasteiger partial charge in [0.2, 0.25) is 0 Å². The fraction of sp³-hybridized carbons (Fsp3) is 0.500. The summed E-state index contributed by atoms with van der Waals surface area (Å²) in [6.07, 6.45) is 0. The number of hydrogen-bond donors (Lipinski definition) is 1. The summed E-state index contributed by atoms with van der Waals surface area (Å²) in [7, 11) is 7.81. The van der Waals surface area contributed by atoms with Gasteiger partial charge in [-0.25, -0.2) is 0 Å². The van der Waals surface area contributed by atoms with E-state index in [0.717, 1.165) is 30.2 Å². The normalized spacial score (nSPS) is 10.6. The summed E-state index contributed by atoms with van der Waals surface area (Å²) in [4.78, 5) is 4.28. The van der Waals surface area contributed by atoms with Gasteiger partial charge in [-0.15, -0.1) is 0 Å². The zero-order valence-electron chi connectivity index (χ0n) is 10.5. The Balaban J connectivity index is 2.76. The topological polar surface area (TPSA) is 41.7 Å². The predicted molar refractivity (Wildman–Crippen MR) is 69.2 cm³/mol. The third-order valence-corrected chi connectivity index (χ3v) is 2.53. The smallest absolute Gasteiger partial charge is 0.121 e. The van der Waals surface area contributed by atoms with Crippen LogP contribution in [0.5, 0.6) is 5.75 Å². The second kappa shape index (κ2) is 5.61. The molecule has 0 heterocycles. The van der Waals surface area contributed by atoms with E-state index < -0.39 is 0 Å². The molecule has 1 aromatic rings. The van der Waals surface area contributed by atoms with Crippen LogP contribution in [0.15, 0.2) is 18.2 Å². The summed E-state index contributed by atoms with van der Waals surface area (Å²) >= 11 is 0. The van der Waals surface area contributed by atoms with Gasteiger partial charge in [0, 0.05) is 26.2 Å². The van der Waals surface area contributed by atoms with Crippen LogP contribution in [0.2, 0.25) is 0 Å². The van der Waals surface area contributed by atoms with E-state index in [1.807, 2.05) is 25.2 Å². The zero-order valence-corrected chi connectivity index (χ0v) is 10.5. The molecule has 0 aliphatic heterocycles. The lowest BCUT2D eigenvalue weighted by Crippen LogP contribution is -2.28. The van der Waals surface area contributed by atoms with E-state index in [4.69, 9.17) is 10.5 Å². The summed E-state index contributed by atoms with van der Waals surface area (Å²) in [5.74, 6) is 0.834. The van der Waals surface area contributed by atoms with Crippen LogP contribution in [0.25, 0.3) is 0 Å². The lowest BCUT2D eigenvalue weighted by molar-refractivity contribution is 0.412. The van der Waals surface area contributed by atoms with E-state index in [0.29, 0.717) is 0 Å². The van der Waals surface area contributed by atoms with Gasteiger partial charge in [0.25, 0.3) is 0 Å². The highest BCUT2D eigenvalue weighted by atomic mass is 16.5. The van der Waals surface area contributed by atoms with Crippen LogP contribution >= 0.6 is 0 Å². The number of anilines is 2. The minimum atomic E-state index is 0.780. The van der Waals surface area contributed by atoms with Crippen molar-refractivity contribution in [2.45, 2.75) is 0 Å². The molecule has 90 valence electrons. The number of nitrogens with two attached hydrogens (primary N) is 1. The molecule has 1 rings (SSSR count). The van der Waals surface area contributed by atoms with Crippen LogP contribution in [0, 0.1) is 0 Å². The van der Waals surface area contributed by atoms with E-state index in [1.54, 1.807) is 7.11 Å². The minimum Gasteiger partial charge on any atom is -0.497 e. The number of nitrogens with zero attached hydrogens (tertiary/aromatic N) is 2. The van der Waals surface area contributed by atoms with E-state index in [9.17, 15) is 0 Å². The van der Waals surface area contributed by atoms with Crippen LogP contribution in [0.4, 0.5) is 11.4 Å². The molecule has 0 bridgehead atoms. The fourth-order valence-corrected chi connectivity index (χ4v) is 1.45. The molecular formula is C12H21N3O. The fourth-order valence-electron chi connectivity index (χ4n) is 1.45. The van der Waals surface area contributed by atoms with Crippen molar-refractivity contribution in [3.63, 3.8) is 0 Å². The van der Waals surface area contributed by atoms with Crippen LogP contribution < -0.4 is 15.4 Å². The van der Waals surface area contributed by atoms with Gasteiger partial charge < -0.3 is 20.3 Å². The molecular weight excluding hydrogens is 202 g/mol. The van der Waals surface area contributed by atoms with Crippen molar-refractivity contribution in [2.24, 2.45) is 0 Å². The summed E-state index contributed by atoms with van der Waals surface area (Å²) < 4.78 is 5.19. The first kappa shape index (κ1) is 12.6. The second-order valence-electron chi connectivity index (χ2n) is 4.15. The molecule has 0 atom stereocenters. The van der Waals surface area contributed by atoms with Crippen LogP contribution in [-0.2, 0) is 0 Å². The Morgan fingerprint density at radius 1 is 1.19 bits per heavy atom. The van der Waals surface area contributed by atoms with E-state index >= 15 is 0 Å². The highest BCUT2D eigenvalue weighted by Gasteiger charge is 2.07. The Bertz CT molecular complexity index is 339. The predicted octanol–water partition coefficient (Wildman–Crippen LogP) is 1.28. The van der Waals surface area contributed by atoms with Crippen molar-refractivity contribution in [3.05, 3.63) is 18.2 Å².